The van der Waals surface area contributed by atoms with Crippen molar-refractivity contribution in [2.75, 3.05) is 13.2 Å². The molecule has 23 heavy (non-hydrogen) atoms. The van der Waals surface area contributed by atoms with Gasteiger partial charge < -0.3 is 9.64 Å². The van der Waals surface area contributed by atoms with Crippen LogP contribution in [0.3, 0.4) is 0 Å². The molecule has 0 bridgehead atoms. The second-order valence-corrected chi connectivity index (χ2v) is 6.32. The molecule has 3 heterocycles. The smallest absolute Gasteiger partial charge is 0.331 e. The van der Waals surface area contributed by atoms with Gasteiger partial charge in [0.05, 0.1) is 4.92 Å². The summed E-state index contributed by atoms with van der Waals surface area (Å²) >= 11 is 1.70. The molecule has 0 saturated carbocycles. The fourth-order valence-electron chi connectivity index (χ4n) is 2.47. The molecule has 1 aliphatic heterocycles. The molecule has 0 spiro atoms. The minimum atomic E-state index is -0.557. The van der Waals surface area contributed by atoms with E-state index in [9.17, 15) is 14.9 Å². The number of thiophene rings is 1. The quantitative estimate of drug-likeness (QED) is 0.633. The molecule has 120 valence electrons. The van der Waals surface area contributed by atoms with Crippen LogP contribution in [0.4, 0.5) is 5.69 Å². The third-order valence-corrected chi connectivity index (χ3v) is 4.68. The molecule has 0 radical (unpaired) electrons. The van der Waals surface area contributed by atoms with Crippen LogP contribution in [0.1, 0.15) is 16.0 Å². The molecule has 0 aromatic carbocycles. The molecule has 0 saturated heterocycles. The summed E-state index contributed by atoms with van der Waals surface area (Å²) in [5.74, 6) is -0.319. The lowest BCUT2D eigenvalue weighted by Gasteiger charge is -2.26. The average molecular weight is 333 g/mol. The van der Waals surface area contributed by atoms with Crippen LogP contribution < -0.4 is 4.74 Å². The van der Waals surface area contributed by atoms with E-state index in [0.717, 1.165) is 12.0 Å². The van der Waals surface area contributed by atoms with Crippen molar-refractivity contribution in [2.45, 2.75) is 19.9 Å². The molecule has 2 aromatic heterocycles. The molecule has 0 N–H and O–H groups in total. The van der Waals surface area contributed by atoms with Gasteiger partial charge in [-0.25, -0.2) is 4.98 Å². The Morgan fingerprint density at radius 1 is 1.57 bits per heavy atom. The fourth-order valence-corrected chi connectivity index (χ4v) is 3.36. The Bertz CT molecular complexity index is 759. The van der Waals surface area contributed by atoms with Gasteiger partial charge in [-0.2, -0.15) is 0 Å². The molecule has 8 heteroatoms. The predicted molar refractivity (Wildman–Crippen MR) is 84.6 cm³/mol. The van der Waals surface area contributed by atoms with Crippen molar-refractivity contribution < 1.29 is 14.5 Å². The molecular weight excluding hydrogens is 318 g/mol. The third-order valence-electron chi connectivity index (χ3n) is 3.66. The molecule has 0 aliphatic carbocycles. The minimum Gasteiger partial charge on any atom is -0.463 e. The first kappa shape index (κ1) is 15.4. The maximum absolute atomic E-state index is 12.3. The number of fused-ring (bicyclic) bond motifs is 1. The van der Waals surface area contributed by atoms with Gasteiger partial charge in [-0.05, 0) is 35.9 Å². The molecule has 0 fully saturated rings. The van der Waals surface area contributed by atoms with E-state index in [1.807, 2.05) is 11.4 Å². The van der Waals surface area contributed by atoms with Gasteiger partial charge in [0.2, 0.25) is 0 Å². The summed E-state index contributed by atoms with van der Waals surface area (Å²) in [6, 6.07) is 3.40. The zero-order valence-corrected chi connectivity index (χ0v) is 13.3. The molecule has 0 atom stereocenters. The largest absolute Gasteiger partial charge is 0.463 e. The van der Waals surface area contributed by atoms with Crippen molar-refractivity contribution in [1.82, 2.24) is 9.88 Å². The fraction of sp³-hybridized carbons (Fsp3) is 0.333. The van der Waals surface area contributed by atoms with Crippen molar-refractivity contribution >= 4 is 22.9 Å². The number of nitrogens with zero attached hydrogens (tertiary/aromatic N) is 3. The van der Waals surface area contributed by atoms with Crippen molar-refractivity contribution in [3.63, 3.8) is 0 Å². The highest BCUT2D eigenvalue weighted by molar-refractivity contribution is 7.10. The summed E-state index contributed by atoms with van der Waals surface area (Å²) in [5, 5.41) is 13.0. The van der Waals surface area contributed by atoms with E-state index in [-0.39, 0.29) is 24.1 Å². The van der Waals surface area contributed by atoms with Gasteiger partial charge in [0.15, 0.2) is 6.61 Å². The lowest BCUT2D eigenvalue weighted by atomic mass is 10.1. The lowest BCUT2D eigenvalue weighted by molar-refractivity contribution is -0.386. The summed E-state index contributed by atoms with van der Waals surface area (Å²) in [4.78, 5) is 29.6. The van der Waals surface area contributed by atoms with Gasteiger partial charge in [0, 0.05) is 30.2 Å². The van der Waals surface area contributed by atoms with Crippen LogP contribution in [-0.2, 0) is 17.8 Å². The van der Waals surface area contributed by atoms with E-state index in [1.54, 1.807) is 23.2 Å². The van der Waals surface area contributed by atoms with E-state index in [0.29, 0.717) is 18.7 Å². The molecule has 7 nitrogen and oxygen atoms in total. The molecule has 1 aliphatic rings. The van der Waals surface area contributed by atoms with E-state index in [4.69, 9.17) is 4.74 Å². The summed E-state index contributed by atoms with van der Waals surface area (Å²) in [6.45, 7) is 2.65. The Kier molecular flexibility index (Phi) is 4.24. The zero-order valence-electron chi connectivity index (χ0n) is 12.5. The van der Waals surface area contributed by atoms with Crippen LogP contribution in [0, 0.1) is 17.0 Å². The number of hydrogen-bond acceptors (Lipinski definition) is 6. The van der Waals surface area contributed by atoms with Crippen LogP contribution >= 0.6 is 11.3 Å². The Balaban J connectivity index is 1.65. The van der Waals surface area contributed by atoms with E-state index < -0.39 is 4.92 Å². The Hall–Kier alpha value is -2.48. The second-order valence-electron chi connectivity index (χ2n) is 5.32. The number of pyridine rings is 1. The highest BCUT2D eigenvalue weighted by atomic mass is 32.1. The third kappa shape index (κ3) is 3.31. The van der Waals surface area contributed by atoms with Gasteiger partial charge in [-0.15, -0.1) is 11.3 Å². The number of rotatable bonds is 4. The monoisotopic (exact) mass is 333 g/mol. The number of hydrogen-bond donors (Lipinski definition) is 0. The number of carbonyl (C=O) groups is 1. The van der Waals surface area contributed by atoms with Crippen molar-refractivity contribution in [1.29, 1.82) is 0 Å². The minimum absolute atomic E-state index is 0.123. The maximum atomic E-state index is 12.3. The molecule has 3 rings (SSSR count). The number of ether oxygens (including phenoxy) is 1. The van der Waals surface area contributed by atoms with Gasteiger partial charge in [0.25, 0.3) is 11.8 Å². The van der Waals surface area contributed by atoms with Gasteiger partial charge in [-0.1, -0.05) is 0 Å². The first-order chi connectivity index (χ1) is 11.0. The highest BCUT2D eigenvalue weighted by Gasteiger charge is 2.23. The molecule has 1 amide bonds. The first-order valence-electron chi connectivity index (χ1n) is 7.11. The summed E-state index contributed by atoms with van der Waals surface area (Å²) < 4.78 is 5.30. The van der Waals surface area contributed by atoms with Crippen molar-refractivity contribution in [3.8, 4) is 5.88 Å². The van der Waals surface area contributed by atoms with Crippen LogP contribution in [0.15, 0.2) is 23.7 Å². The number of aryl methyl sites for hydroxylation is 1. The summed E-state index contributed by atoms with van der Waals surface area (Å²) in [5.41, 5.74) is 1.60. The van der Waals surface area contributed by atoms with Gasteiger partial charge >= 0.3 is 5.69 Å². The standard InChI is InChI=1S/C15H15N3O4S/c1-10-6-12(18(20)21)15(16-7-10)22-9-14(19)17-4-2-13-11(8-17)3-5-23-13/h3,5-7H,2,4,8-9H2,1H3. The van der Waals surface area contributed by atoms with Gasteiger partial charge in [0.1, 0.15) is 0 Å². The first-order valence-corrected chi connectivity index (χ1v) is 7.99. The van der Waals surface area contributed by atoms with Crippen LogP contribution in [0.5, 0.6) is 5.88 Å². The Morgan fingerprint density at radius 3 is 3.17 bits per heavy atom. The molecular formula is C15H15N3O4S. The van der Waals surface area contributed by atoms with Crippen LogP contribution in [0.2, 0.25) is 0 Å². The number of amides is 1. The number of aromatic nitrogens is 1. The van der Waals surface area contributed by atoms with E-state index in [1.165, 1.54) is 17.1 Å². The van der Waals surface area contributed by atoms with Crippen LogP contribution in [-0.4, -0.2) is 33.9 Å². The Labute approximate surface area is 136 Å². The SMILES string of the molecule is Cc1cnc(OCC(=O)N2CCc3sccc3C2)c([N+](=O)[O-])c1. The summed E-state index contributed by atoms with van der Waals surface area (Å²) in [6.07, 6.45) is 2.31. The normalized spacial score (nSPS) is 13.5. The van der Waals surface area contributed by atoms with Crippen molar-refractivity contribution in [2.24, 2.45) is 0 Å². The lowest BCUT2D eigenvalue weighted by Crippen LogP contribution is -2.38. The van der Waals surface area contributed by atoms with Crippen molar-refractivity contribution in [3.05, 3.63) is 49.8 Å². The van der Waals surface area contributed by atoms with Crippen LogP contribution in [0.25, 0.3) is 0 Å². The van der Waals surface area contributed by atoms with Gasteiger partial charge in [-0.3, -0.25) is 14.9 Å². The maximum Gasteiger partial charge on any atom is 0.331 e. The second kappa shape index (κ2) is 6.33. The zero-order chi connectivity index (χ0) is 16.4. The average Bonchev–Trinajstić information content (AvgIpc) is 3.00. The number of nitro groups is 1. The Morgan fingerprint density at radius 2 is 2.39 bits per heavy atom. The summed E-state index contributed by atoms with van der Waals surface area (Å²) in [7, 11) is 0. The molecule has 0 unspecified atom stereocenters. The predicted octanol–water partition coefficient (Wildman–Crippen LogP) is 2.32. The number of carbonyl (C=O) groups excluding carboxylic acids is 1. The molecule has 2 aromatic rings. The topological polar surface area (TPSA) is 85.6 Å². The highest BCUT2D eigenvalue weighted by Crippen LogP contribution is 2.26. The van der Waals surface area contributed by atoms with E-state index in [2.05, 4.69) is 4.98 Å². The van der Waals surface area contributed by atoms with E-state index >= 15 is 0 Å².